The molecule has 2 aliphatic rings. The number of fused-ring (bicyclic) bond motifs is 1. The zero-order chi connectivity index (χ0) is 25.3. The number of nitrogens with one attached hydrogen (secondary N) is 2. The highest BCUT2D eigenvalue weighted by molar-refractivity contribution is 6.02. The Kier molecular flexibility index (Phi) is 6.44. The van der Waals surface area contributed by atoms with E-state index in [4.69, 9.17) is 9.47 Å². The molecule has 2 N–H and O–H groups in total. The van der Waals surface area contributed by atoms with Crippen molar-refractivity contribution in [1.29, 1.82) is 0 Å². The number of ether oxygens (including phenoxy) is 2. The van der Waals surface area contributed by atoms with Crippen molar-refractivity contribution in [3.63, 3.8) is 0 Å². The van der Waals surface area contributed by atoms with Gasteiger partial charge in [0.05, 0.1) is 5.41 Å². The van der Waals surface area contributed by atoms with E-state index in [-0.39, 0.29) is 18.6 Å². The van der Waals surface area contributed by atoms with Crippen LogP contribution >= 0.6 is 0 Å². The van der Waals surface area contributed by atoms with Gasteiger partial charge in [-0.2, -0.15) is 0 Å². The summed E-state index contributed by atoms with van der Waals surface area (Å²) in [7, 11) is 0. The molecule has 1 aliphatic carbocycles. The fraction of sp³-hybridized carbons (Fsp3) is 0.333. The molecule has 6 heteroatoms. The molecule has 0 spiro atoms. The summed E-state index contributed by atoms with van der Waals surface area (Å²) in [5, 5.41) is 6.13. The lowest BCUT2D eigenvalue weighted by Gasteiger charge is -2.17. The van der Waals surface area contributed by atoms with Gasteiger partial charge in [0.25, 0.3) is 0 Å². The second-order valence-electron chi connectivity index (χ2n) is 10.2. The maximum atomic E-state index is 13.4. The molecule has 186 valence electrons. The van der Waals surface area contributed by atoms with Crippen molar-refractivity contribution < 1.29 is 19.1 Å². The average Bonchev–Trinajstić information content (AvgIpc) is 3.54. The molecule has 0 unspecified atom stereocenters. The van der Waals surface area contributed by atoms with Crippen molar-refractivity contribution in [3.05, 3.63) is 77.4 Å². The average molecular weight is 485 g/mol. The summed E-state index contributed by atoms with van der Waals surface area (Å²) in [6, 6.07) is 20.0. The number of carbonyl (C=O) groups is 2. The zero-order valence-corrected chi connectivity index (χ0v) is 21.0. The Morgan fingerprint density at radius 3 is 2.42 bits per heavy atom. The van der Waals surface area contributed by atoms with Crippen LogP contribution in [0.25, 0.3) is 11.1 Å². The minimum atomic E-state index is -0.520. The Labute approximate surface area is 212 Å². The summed E-state index contributed by atoms with van der Waals surface area (Å²) in [5.74, 6) is 1.84. The van der Waals surface area contributed by atoms with E-state index in [1.54, 1.807) is 0 Å². The molecule has 2 amide bonds. The van der Waals surface area contributed by atoms with Crippen LogP contribution in [0.2, 0.25) is 0 Å². The molecule has 5 rings (SSSR count). The molecular weight excluding hydrogens is 452 g/mol. The molecule has 3 aromatic rings. The number of benzene rings is 3. The normalized spacial score (nSPS) is 15.0. The Bertz CT molecular complexity index is 1290. The number of hydrogen-bond acceptors (Lipinski definition) is 4. The van der Waals surface area contributed by atoms with Crippen molar-refractivity contribution in [1.82, 2.24) is 5.32 Å². The van der Waals surface area contributed by atoms with Crippen LogP contribution in [0.5, 0.6) is 11.5 Å². The highest BCUT2D eigenvalue weighted by Gasteiger charge is 2.51. The maximum absolute atomic E-state index is 13.4. The third-order valence-corrected chi connectivity index (χ3v) is 6.95. The van der Waals surface area contributed by atoms with Gasteiger partial charge in [-0.05, 0) is 77.8 Å². The van der Waals surface area contributed by atoms with E-state index in [1.807, 2.05) is 62.4 Å². The van der Waals surface area contributed by atoms with Gasteiger partial charge in [0.15, 0.2) is 11.5 Å². The van der Waals surface area contributed by atoms with Gasteiger partial charge in [0.1, 0.15) is 0 Å². The van der Waals surface area contributed by atoms with Crippen LogP contribution in [0.15, 0.2) is 60.7 Å². The van der Waals surface area contributed by atoms with Crippen molar-refractivity contribution >= 4 is 17.5 Å². The first-order valence-electron chi connectivity index (χ1n) is 12.5. The maximum Gasteiger partial charge on any atom is 0.235 e. The summed E-state index contributed by atoms with van der Waals surface area (Å²) in [5.41, 5.74) is 5.53. The van der Waals surface area contributed by atoms with E-state index in [0.717, 1.165) is 52.1 Å². The number of aryl methyl sites for hydroxylation is 1. The monoisotopic (exact) mass is 484 g/mol. The molecular formula is C30H32N2O4. The van der Waals surface area contributed by atoms with Crippen molar-refractivity contribution in [2.24, 2.45) is 5.92 Å². The highest BCUT2D eigenvalue weighted by atomic mass is 16.7. The number of hydrogen-bond donors (Lipinski definition) is 2. The number of amides is 2. The van der Waals surface area contributed by atoms with Gasteiger partial charge in [0.2, 0.25) is 18.6 Å². The van der Waals surface area contributed by atoms with Gasteiger partial charge in [0, 0.05) is 18.7 Å². The van der Waals surface area contributed by atoms with Gasteiger partial charge in [-0.25, -0.2) is 0 Å². The van der Waals surface area contributed by atoms with Crippen LogP contribution in [0.3, 0.4) is 0 Å². The molecule has 0 radical (unpaired) electrons. The topological polar surface area (TPSA) is 76.7 Å². The minimum Gasteiger partial charge on any atom is -0.454 e. The van der Waals surface area contributed by atoms with Gasteiger partial charge in [-0.15, -0.1) is 0 Å². The first-order chi connectivity index (χ1) is 17.3. The molecule has 0 aromatic heterocycles. The fourth-order valence-electron chi connectivity index (χ4n) is 4.67. The zero-order valence-electron chi connectivity index (χ0n) is 21.0. The lowest BCUT2D eigenvalue weighted by atomic mass is 9.94. The lowest BCUT2D eigenvalue weighted by molar-refractivity contribution is -0.122. The second-order valence-corrected chi connectivity index (χ2v) is 10.2. The number of anilines is 1. The summed E-state index contributed by atoms with van der Waals surface area (Å²) in [6.07, 6.45) is 2.16. The fourth-order valence-corrected chi connectivity index (χ4v) is 4.67. The summed E-state index contributed by atoms with van der Waals surface area (Å²) < 4.78 is 10.9. The summed E-state index contributed by atoms with van der Waals surface area (Å²) in [4.78, 5) is 25.3. The third-order valence-electron chi connectivity index (χ3n) is 6.95. The molecule has 36 heavy (non-hydrogen) atoms. The Morgan fingerprint density at radius 1 is 0.944 bits per heavy atom. The van der Waals surface area contributed by atoms with Crippen molar-refractivity contribution in [3.8, 4) is 22.6 Å². The van der Waals surface area contributed by atoms with Gasteiger partial charge in [-0.3, -0.25) is 9.59 Å². The summed E-state index contributed by atoms with van der Waals surface area (Å²) >= 11 is 0. The van der Waals surface area contributed by atoms with E-state index in [0.29, 0.717) is 24.6 Å². The first kappa shape index (κ1) is 23.9. The quantitative estimate of drug-likeness (QED) is 0.429. The summed E-state index contributed by atoms with van der Waals surface area (Å²) in [6.45, 7) is 6.88. The molecule has 1 heterocycles. The van der Waals surface area contributed by atoms with Crippen LogP contribution in [0, 0.1) is 12.8 Å². The molecule has 1 fully saturated rings. The van der Waals surface area contributed by atoms with Crippen molar-refractivity contribution in [2.45, 2.75) is 52.0 Å². The van der Waals surface area contributed by atoms with Crippen LogP contribution in [-0.4, -0.2) is 18.6 Å². The third kappa shape index (κ3) is 4.94. The Morgan fingerprint density at radius 2 is 1.69 bits per heavy atom. The van der Waals surface area contributed by atoms with Crippen molar-refractivity contribution in [2.75, 3.05) is 12.1 Å². The second kappa shape index (κ2) is 9.69. The van der Waals surface area contributed by atoms with Gasteiger partial charge >= 0.3 is 0 Å². The van der Waals surface area contributed by atoms with E-state index in [9.17, 15) is 9.59 Å². The van der Waals surface area contributed by atoms with E-state index in [2.05, 4.69) is 29.7 Å². The molecule has 3 aromatic carbocycles. The molecule has 1 aliphatic heterocycles. The predicted octanol–water partition coefficient (Wildman–Crippen LogP) is 5.72. The van der Waals surface area contributed by atoms with Gasteiger partial charge < -0.3 is 20.1 Å². The first-order valence-corrected chi connectivity index (χ1v) is 12.5. The van der Waals surface area contributed by atoms with E-state index >= 15 is 0 Å². The molecule has 0 atom stereocenters. The molecule has 0 saturated heterocycles. The number of carbonyl (C=O) groups excluding carboxylic acids is 2. The Hall–Kier alpha value is -3.80. The van der Waals surface area contributed by atoms with Gasteiger partial charge in [-0.1, -0.05) is 50.2 Å². The van der Waals surface area contributed by atoms with E-state index in [1.165, 1.54) is 0 Å². The van der Waals surface area contributed by atoms with E-state index < -0.39 is 5.41 Å². The number of rotatable bonds is 8. The predicted molar refractivity (Wildman–Crippen MR) is 140 cm³/mol. The van der Waals surface area contributed by atoms with Crippen LogP contribution < -0.4 is 20.1 Å². The molecule has 1 saturated carbocycles. The van der Waals surface area contributed by atoms with Crippen LogP contribution in [-0.2, 0) is 21.5 Å². The minimum absolute atomic E-state index is 0.00338. The van der Waals surface area contributed by atoms with Crippen LogP contribution in [0.4, 0.5) is 5.69 Å². The molecule has 0 bridgehead atoms. The lowest BCUT2D eigenvalue weighted by Crippen LogP contribution is -2.27. The SMILES string of the molecule is Cc1ccc(NC(=O)C2(c3ccc4c(c3)OCO4)CC2)cc1-c1ccc(CNC(=O)CC(C)C)cc1. The largest absolute Gasteiger partial charge is 0.454 e. The molecule has 6 nitrogen and oxygen atoms in total. The smallest absolute Gasteiger partial charge is 0.235 e. The van der Waals surface area contributed by atoms with Crippen LogP contribution in [0.1, 0.15) is 49.8 Å². The standard InChI is InChI=1S/C30H32N2O4/c1-19(2)14-28(33)31-17-21-5-7-22(8-6-21)25-16-24(10-4-20(25)3)32-29(34)30(12-13-30)23-9-11-26-27(15-23)36-18-35-26/h4-11,15-16,19H,12-14,17-18H2,1-3H3,(H,31,33)(H,32,34). The Balaban J connectivity index is 1.28. The highest BCUT2D eigenvalue weighted by Crippen LogP contribution is 2.51.